The minimum absolute atomic E-state index is 0.361. The summed E-state index contributed by atoms with van der Waals surface area (Å²) in [6.07, 6.45) is 4.23. The summed E-state index contributed by atoms with van der Waals surface area (Å²) in [7, 11) is -3.12. The number of nitrogens with zero attached hydrogens (tertiary/aromatic N) is 1. The van der Waals surface area contributed by atoms with Gasteiger partial charge >= 0.3 is 7.75 Å². The first kappa shape index (κ1) is 14.3. The van der Waals surface area contributed by atoms with Gasteiger partial charge in [-0.05, 0) is 38.0 Å². The van der Waals surface area contributed by atoms with E-state index in [-0.39, 0.29) is 0 Å². The van der Waals surface area contributed by atoms with E-state index < -0.39 is 7.75 Å². The average molecular weight is 258 g/mol. The van der Waals surface area contributed by atoms with Crippen molar-refractivity contribution in [2.75, 3.05) is 19.8 Å². The molecule has 0 unspecified atom stereocenters. The predicted octanol–water partition coefficient (Wildman–Crippen LogP) is 2.39. The molecule has 1 heterocycles. The molecule has 96 valence electrons. The van der Waals surface area contributed by atoms with Crippen molar-refractivity contribution in [1.29, 1.82) is 0 Å². The molecule has 0 aliphatic heterocycles. The summed E-state index contributed by atoms with van der Waals surface area (Å²) in [6, 6.07) is 3.85. The van der Waals surface area contributed by atoms with Gasteiger partial charge in [-0.1, -0.05) is 0 Å². The largest absolute Gasteiger partial charge is 0.405 e. The minimum Gasteiger partial charge on any atom is -0.297 e. The third-order valence-electron chi connectivity index (χ3n) is 2.07. The fourth-order valence-electron chi connectivity index (χ4n) is 1.36. The summed E-state index contributed by atoms with van der Waals surface area (Å²) in [5.74, 6) is 0. The number of pyridine rings is 1. The highest BCUT2D eigenvalue weighted by Crippen LogP contribution is 2.42. The van der Waals surface area contributed by atoms with Crippen molar-refractivity contribution in [3.8, 4) is 0 Å². The van der Waals surface area contributed by atoms with E-state index in [1.807, 2.05) is 12.1 Å². The lowest BCUT2D eigenvalue weighted by atomic mass is 10.2. The van der Waals surface area contributed by atoms with E-state index in [0.29, 0.717) is 19.8 Å². The first-order valence-electron chi connectivity index (χ1n) is 5.73. The molecule has 0 aliphatic carbocycles. The van der Waals surface area contributed by atoms with Crippen LogP contribution in [-0.4, -0.2) is 24.7 Å². The second-order valence-electron chi connectivity index (χ2n) is 3.35. The molecule has 0 atom stereocenters. The van der Waals surface area contributed by atoms with Crippen molar-refractivity contribution in [3.05, 3.63) is 30.1 Å². The Bertz CT molecular complexity index is 349. The number of rotatable bonds is 8. The number of nitrogens with one attached hydrogen (secondary N) is 1. The molecular formula is C11H19N2O3P. The fourth-order valence-corrected chi connectivity index (χ4v) is 2.68. The van der Waals surface area contributed by atoms with E-state index in [4.69, 9.17) is 9.05 Å². The summed E-state index contributed by atoms with van der Waals surface area (Å²) in [6.45, 7) is 4.84. The third-order valence-corrected chi connectivity index (χ3v) is 3.87. The molecule has 0 saturated carbocycles. The molecule has 1 aromatic heterocycles. The van der Waals surface area contributed by atoms with Gasteiger partial charge in [-0.2, -0.15) is 0 Å². The topological polar surface area (TPSA) is 60.5 Å². The zero-order valence-electron chi connectivity index (χ0n) is 10.3. The third kappa shape index (κ3) is 5.41. The van der Waals surface area contributed by atoms with E-state index in [2.05, 4.69) is 10.1 Å². The molecule has 0 spiro atoms. The van der Waals surface area contributed by atoms with Crippen molar-refractivity contribution in [2.24, 2.45) is 0 Å². The van der Waals surface area contributed by atoms with Gasteiger partial charge in [0, 0.05) is 18.9 Å². The molecule has 6 heteroatoms. The lowest BCUT2D eigenvalue weighted by Gasteiger charge is -2.17. The summed E-state index contributed by atoms with van der Waals surface area (Å²) >= 11 is 0. The Kier molecular flexibility index (Phi) is 6.37. The second-order valence-corrected chi connectivity index (χ2v) is 5.17. The number of aromatic nitrogens is 1. The first-order valence-corrected chi connectivity index (χ1v) is 7.27. The minimum atomic E-state index is -3.12. The van der Waals surface area contributed by atoms with Gasteiger partial charge in [0.2, 0.25) is 0 Å². The molecule has 0 fully saturated rings. The van der Waals surface area contributed by atoms with Gasteiger partial charge in [0.25, 0.3) is 0 Å². The predicted molar refractivity (Wildman–Crippen MR) is 66.8 cm³/mol. The van der Waals surface area contributed by atoms with E-state index in [1.165, 1.54) is 0 Å². The van der Waals surface area contributed by atoms with Crippen molar-refractivity contribution in [1.82, 2.24) is 10.1 Å². The lowest BCUT2D eigenvalue weighted by Crippen LogP contribution is -2.17. The maximum absolute atomic E-state index is 12.0. The van der Waals surface area contributed by atoms with Gasteiger partial charge in [-0.15, -0.1) is 0 Å². The van der Waals surface area contributed by atoms with Gasteiger partial charge in [0.05, 0.1) is 13.2 Å². The highest BCUT2D eigenvalue weighted by molar-refractivity contribution is 7.51. The van der Waals surface area contributed by atoms with Gasteiger partial charge in [0.1, 0.15) is 0 Å². The molecule has 0 aliphatic rings. The van der Waals surface area contributed by atoms with Gasteiger partial charge in [-0.25, -0.2) is 9.65 Å². The Morgan fingerprint density at radius 2 is 1.82 bits per heavy atom. The highest BCUT2D eigenvalue weighted by Gasteiger charge is 2.22. The Hall–Kier alpha value is -0.740. The van der Waals surface area contributed by atoms with Crippen molar-refractivity contribution in [3.63, 3.8) is 0 Å². The van der Waals surface area contributed by atoms with Crippen LogP contribution in [0, 0.1) is 0 Å². The molecule has 1 N–H and O–H groups in total. The smallest absolute Gasteiger partial charge is 0.297 e. The monoisotopic (exact) mass is 258 g/mol. The van der Waals surface area contributed by atoms with Gasteiger partial charge in [-0.3, -0.25) is 14.0 Å². The molecule has 0 amide bonds. The summed E-state index contributed by atoms with van der Waals surface area (Å²) in [5.41, 5.74) is 1.13. The average Bonchev–Trinajstić information content (AvgIpc) is 2.31. The van der Waals surface area contributed by atoms with Crippen LogP contribution in [0.3, 0.4) is 0 Å². The summed E-state index contributed by atoms with van der Waals surface area (Å²) in [5, 5.41) is 2.84. The zero-order valence-corrected chi connectivity index (χ0v) is 11.2. The molecule has 1 rings (SSSR count). The Balaban J connectivity index is 2.40. The normalized spacial score (nSPS) is 11.6. The Morgan fingerprint density at radius 3 is 2.35 bits per heavy atom. The summed E-state index contributed by atoms with van der Waals surface area (Å²) < 4.78 is 22.3. The van der Waals surface area contributed by atoms with Crippen molar-refractivity contribution in [2.45, 2.75) is 20.3 Å². The molecule has 0 bridgehead atoms. The Morgan fingerprint density at radius 1 is 1.24 bits per heavy atom. The number of hydrogen-bond donors (Lipinski definition) is 1. The number of hydrogen-bond acceptors (Lipinski definition) is 4. The van der Waals surface area contributed by atoms with Crippen molar-refractivity contribution >= 4 is 7.75 Å². The Labute approximate surface area is 102 Å². The molecule has 5 nitrogen and oxygen atoms in total. The van der Waals surface area contributed by atoms with Crippen LogP contribution in [0.5, 0.6) is 0 Å². The zero-order chi connectivity index (χ0) is 12.6. The maximum atomic E-state index is 12.0. The second kappa shape index (κ2) is 7.56. The van der Waals surface area contributed by atoms with Gasteiger partial charge in [0.15, 0.2) is 0 Å². The quantitative estimate of drug-likeness (QED) is 0.725. The van der Waals surface area contributed by atoms with Crippen LogP contribution in [0.25, 0.3) is 0 Å². The molecule has 0 aromatic carbocycles. The van der Waals surface area contributed by atoms with Crippen LogP contribution >= 0.6 is 7.75 Å². The molecule has 1 aromatic rings. The van der Waals surface area contributed by atoms with E-state index >= 15 is 0 Å². The van der Waals surface area contributed by atoms with E-state index in [0.717, 1.165) is 12.0 Å². The van der Waals surface area contributed by atoms with Gasteiger partial charge < -0.3 is 0 Å². The fraction of sp³-hybridized carbons (Fsp3) is 0.545. The molecule has 0 saturated heterocycles. The van der Waals surface area contributed by atoms with E-state index in [9.17, 15) is 4.57 Å². The van der Waals surface area contributed by atoms with Crippen LogP contribution < -0.4 is 5.09 Å². The van der Waals surface area contributed by atoms with Crippen LogP contribution in [0.2, 0.25) is 0 Å². The standard InChI is InChI=1S/C11H19N2O3P/c1-3-15-17(14,16-4-2)13-10-7-11-5-8-12-9-6-11/h5-6,8-9H,3-4,7,10H2,1-2H3,(H,13,14). The summed E-state index contributed by atoms with van der Waals surface area (Å²) in [4.78, 5) is 3.94. The molecule has 17 heavy (non-hydrogen) atoms. The highest BCUT2D eigenvalue weighted by atomic mass is 31.2. The lowest BCUT2D eigenvalue weighted by molar-refractivity contribution is 0.211. The van der Waals surface area contributed by atoms with Crippen molar-refractivity contribution < 1.29 is 13.6 Å². The van der Waals surface area contributed by atoms with Crippen LogP contribution in [0.15, 0.2) is 24.5 Å². The molecule has 0 radical (unpaired) electrons. The van der Waals surface area contributed by atoms with Crippen LogP contribution in [-0.2, 0) is 20.0 Å². The van der Waals surface area contributed by atoms with Crippen LogP contribution in [0.1, 0.15) is 19.4 Å². The first-order chi connectivity index (χ1) is 8.20. The SMILES string of the molecule is CCOP(=O)(NCCc1ccncc1)OCC. The van der Waals surface area contributed by atoms with Crippen LogP contribution in [0.4, 0.5) is 0 Å². The maximum Gasteiger partial charge on any atom is 0.405 e. The van der Waals surface area contributed by atoms with E-state index in [1.54, 1.807) is 26.2 Å². The molecular weight excluding hydrogens is 239 g/mol.